The summed E-state index contributed by atoms with van der Waals surface area (Å²) in [5.74, 6) is 3.09. The van der Waals surface area contributed by atoms with Crippen molar-refractivity contribution < 1.29 is 4.74 Å². The van der Waals surface area contributed by atoms with Gasteiger partial charge in [-0.05, 0) is 19.1 Å². The molecule has 0 saturated carbocycles. The minimum atomic E-state index is 0.655. The van der Waals surface area contributed by atoms with Crippen molar-refractivity contribution in [1.82, 2.24) is 15.0 Å². The predicted molar refractivity (Wildman–Crippen MR) is 80.0 cm³/mol. The lowest BCUT2D eigenvalue weighted by Crippen LogP contribution is -2.23. The van der Waals surface area contributed by atoms with E-state index in [9.17, 15) is 0 Å². The van der Waals surface area contributed by atoms with Crippen molar-refractivity contribution in [3.05, 3.63) is 36.3 Å². The lowest BCUT2D eigenvalue weighted by molar-refractivity contribution is 0.177. The van der Waals surface area contributed by atoms with Gasteiger partial charge in [-0.1, -0.05) is 0 Å². The molecule has 2 atom stereocenters. The SMILES string of the molecule is Cc1cc(N2C[C@H]3COC[C@H]3C2)nc(-c2cccnc2)n1. The average molecular weight is 282 g/mol. The van der Waals surface area contributed by atoms with Crippen molar-refractivity contribution in [2.75, 3.05) is 31.2 Å². The lowest BCUT2D eigenvalue weighted by Gasteiger charge is -2.19. The van der Waals surface area contributed by atoms with Crippen molar-refractivity contribution in [1.29, 1.82) is 0 Å². The summed E-state index contributed by atoms with van der Waals surface area (Å²) in [7, 11) is 0. The summed E-state index contributed by atoms with van der Waals surface area (Å²) in [6.45, 7) is 5.87. The van der Waals surface area contributed by atoms with Crippen LogP contribution in [-0.2, 0) is 4.74 Å². The zero-order valence-corrected chi connectivity index (χ0v) is 12.1. The fourth-order valence-electron chi connectivity index (χ4n) is 3.21. The van der Waals surface area contributed by atoms with E-state index in [1.165, 1.54) is 0 Å². The summed E-state index contributed by atoms with van der Waals surface area (Å²) < 4.78 is 5.54. The van der Waals surface area contributed by atoms with Gasteiger partial charge in [0.1, 0.15) is 5.82 Å². The number of rotatable bonds is 2. The Morgan fingerprint density at radius 2 is 2.00 bits per heavy atom. The highest BCUT2D eigenvalue weighted by atomic mass is 16.5. The van der Waals surface area contributed by atoms with Gasteiger partial charge in [-0.15, -0.1) is 0 Å². The molecule has 2 aromatic rings. The Bertz CT molecular complexity index is 634. The predicted octanol–water partition coefficient (Wildman–Crippen LogP) is 1.93. The Morgan fingerprint density at radius 1 is 1.19 bits per heavy atom. The molecular weight excluding hydrogens is 264 g/mol. The Labute approximate surface area is 124 Å². The second-order valence-corrected chi connectivity index (χ2v) is 5.90. The quantitative estimate of drug-likeness (QED) is 0.842. The third-order valence-electron chi connectivity index (χ3n) is 4.32. The lowest BCUT2D eigenvalue weighted by atomic mass is 10.0. The Morgan fingerprint density at radius 3 is 2.71 bits per heavy atom. The second-order valence-electron chi connectivity index (χ2n) is 5.90. The number of hydrogen-bond donors (Lipinski definition) is 0. The highest BCUT2D eigenvalue weighted by Gasteiger charge is 2.37. The van der Waals surface area contributed by atoms with Crippen LogP contribution in [0.25, 0.3) is 11.4 Å². The van der Waals surface area contributed by atoms with Gasteiger partial charge in [0.25, 0.3) is 0 Å². The second kappa shape index (κ2) is 5.07. The van der Waals surface area contributed by atoms with Crippen molar-refractivity contribution in [3.63, 3.8) is 0 Å². The Kier molecular flexibility index (Phi) is 3.07. The third kappa shape index (κ3) is 2.38. The van der Waals surface area contributed by atoms with Crippen LogP contribution in [0.15, 0.2) is 30.6 Å². The van der Waals surface area contributed by atoms with Crippen LogP contribution in [0.3, 0.4) is 0 Å². The maximum atomic E-state index is 5.54. The molecule has 0 spiro atoms. The van der Waals surface area contributed by atoms with Crippen LogP contribution in [0.5, 0.6) is 0 Å². The van der Waals surface area contributed by atoms with Crippen molar-refractivity contribution in [2.45, 2.75) is 6.92 Å². The molecule has 2 aliphatic rings. The molecule has 0 aliphatic carbocycles. The summed E-state index contributed by atoms with van der Waals surface area (Å²) in [5, 5.41) is 0. The smallest absolute Gasteiger partial charge is 0.163 e. The minimum absolute atomic E-state index is 0.655. The van der Waals surface area contributed by atoms with E-state index in [1.54, 1.807) is 6.20 Å². The van der Waals surface area contributed by atoms with Crippen LogP contribution in [0.4, 0.5) is 5.82 Å². The molecule has 2 aromatic heterocycles. The van der Waals surface area contributed by atoms with E-state index in [4.69, 9.17) is 9.72 Å². The summed E-state index contributed by atoms with van der Waals surface area (Å²) >= 11 is 0. The van der Waals surface area contributed by atoms with Crippen LogP contribution in [-0.4, -0.2) is 41.3 Å². The monoisotopic (exact) mass is 282 g/mol. The Hall–Kier alpha value is -2.01. The molecule has 0 radical (unpaired) electrons. The number of pyridine rings is 1. The maximum absolute atomic E-state index is 5.54. The van der Waals surface area contributed by atoms with Gasteiger partial charge in [0, 0.05) is 54.6 Å². The van der Waals surface area contributed by atoms with Gasteiger partial charge < -0.3 is 9.64 Å². The van der Waals surface area contributed by atoms with E-state index in [0.717, 1.165) is 49.2 Å². The van der Waals surface area contributed by atoms with Crippen molar-refractivity contribution >= 4 is 5.82 Å². The number of anilines is 1. The summed E-state index contributed by atoms with van der Waals surface area (Å²) in [6.07, 6.45) is 3.58. The molecule has 2 fully saturated rings. The van der Waals surface area contributed by atoms with Gasteiger partial charge in [0.05, 0.1) is 13.2 Å². The average Bonchev–Trinajstić information content (AvgIpc) is 3.09. The van der Waals surface area contributed by atoms with E-state index in [2.05, 4.69) is 20.9 Å². The number of fused-ring (bicyclic) bond motifs is 1. The van der Waals surface area contributed by atoms with E-state index in [-0.39, 0.29) is 0 Å². The van der Waals surface area contributed by atoms with Crippen molar-refractivity contribution in [2.24, 2.45) is 11.8 Å². The standard InChI is InChI=1S/C16H18N4O/c1-11-5-15(20-7-13-9-21-10-14(13)8-20)19-16(18-11)12-3-2-4-17-6-12/h2-6,13-14H,7-10H2,1H3/t13-,14+. The zero-order valence-electron chi connectivity index (χ0n) is 12.1. The Balaban J connectivity index is 1.66. The van der Waals surface area contributed by atoms with E-state index >= 15 is 0 Å². The van der Waals surface area contributed by atoms with Gasteiger partial charge in [-0.25, -0.2) is 9.97 Å². The van der Waals surface area contributed by atoms with Gasteiger partial charge >= 0.3 is 0 Å². The zero-order chi connectivity index (χ0) is 14.2. The van der Waals surface area contributed by atoms with Crippen LogP contribution in [0.1, 0.15) is 5.69 Å². The van der Waals surface area contributed by atoms with Gasteiger partial charge in [0.15, 0.2) is 5.82 Å². The normalized spacial score (nSPS) is 24.3. The van der Waals surface area contributed by atoms with E-state index in [1.807, 2.05) is 25.3 Å². The van der Waals surface area contributed by atoms with Gasteiger partial charge in [-0.2, -0.15) is 0 Å². The van der Waals surface area contributed by atoms with Crippen LogP contribution < -0.4 is 4.90 Å². The van der Waals surface area contributed by atoms with Gasteiger partial charge in [0.2, 0.25) is 0 Å². The molecule has 0 bridgehead atoms. The number of hydrogen-bond acceptors (Lipinski definition) is 5. The van der Waals surface area contributed by atoms with Crippen LogP contribution in [0.2, 0.25) is 0 Å². The van der Waals surface area contributed by atoms with Gasteiger partial charge in [-0.3, -0.25) is 4.98 Å². The fraction of sp³-hybridized carbons (Fsp3) is 0.438. The molecule has 0 N–H and O–H groups in total. The minimum Gasteiger partial charge on any atom is -0.381 e. The van der Waals surface area contributed by atoms with Crippen LogP contribution >= 0.6 is 0 Å². The molecular formula is C16H18N4O. The molecule has 2 aliphatic heterocycles. The first-order chi connectivity index (χ1) is 10.3. The number of ether oxygens (including phenoxy) is 1. The highest BCUT2D eigenvalue weighted by molar-refractivity contribution is 5.57. The number of aryl methyl sites for hydroxylation is 1. The summed E-state index contributed by atoms with van der Waals surface area (Å²) in [5.41, 5.74) is 1.96. The van der Waals surface area contributed by atoms with E-state index in [0.29, 0.717) is 11.8 Å². The summed E-state index contributed by atoms with van der Waals surface area (Å²) in [4.78, 5) is 15.8. The highest BCUT2D eigenvalue weighted by Crippen LogP contribution is 2.32. The fourth-order valence-corrected chi connectivity index (χ4v) is 3.21. The molecule has 4 heterocycles. The first kappa shape index (κ1) is 12.7. The molecule has 2 saturated heterocycles. The molecule has 4 rings (SSSR count). The maximum Gasteiger partial charge on any atom is 0.163 e. The topological polar surface area (TPSA) is 51.1 Å². The van der Waals surface area contributed by atoms with Crippen molar-refractivity contribution in [3.8, 4) is 11.4 Å². The molecule has 21 heavy (non-hydrogen) atoms. The molecule has 0 unspecified atom stereocenters. The largest absolute Gasteiger partial charge is 0.381 e. The third-order valence-corrected chi connectivity index (χ3v) is 4.32. The summed E-state index contributed by atoms with van der Waals surface area (Å²) in [6, 6.07) is 5.98. The number of aromatic nitrogens is 3. The molecule has 5 nitrogen and oxygen atoms in total. The molecule has 108 valence electrons. The first-order valence-corrected chi connectivity index (χ1v) is 7.38. The first-order valence-electron chi connectivity index (χ1n) is 7.38. The molecule has 0 aromatic carbocycles. The number of nitrogens with zero attached hydrogens (tertiary/aromatic N) is 4. The molecule has 5 heteroatoms. The van der Waals surface area contributed by atoms with E-state index < -0.39 is 0 Å². The van der Waals surface area contributed by atoms with Crippen LogP contribution in [0, 0.1) is 18.8 Å². The molecule has 0 amide bonds.